The van der Waals surface area contributed by atoms with Gasteiger partial charge in [-0.1, -0.05) is 17.7 Å². The Labute approximate surface area is 114 Å². The molecule has 0 atom stereocenters. The van der Waals surface area contributed by atoms with Crippen LogP contribution in [0, 0.1) is 17.0 Å². The third kappa shape index (κ3) is 3.28. The third-order valence-corrected chi connectivity index (χ3v) is 2.52. The lowest BCUT2D eigenvalue weighted by molar-refractivity contribution is -0.384. The van der Waals surface area contributed by atoms with Crippen LogP contribution < -0.4 is 4.74 Å². The van der Waals surface area contributed by atoms with Crippen LogP contribution in [0.3, 0.4) is 0 Å². The Hall–Kier alpha value is -2.98. The van der Waals surface area contributed by atoms with Crippen LogP contribution in [0.4, 0.5) is 11.4 Å². The highest BCUT2D eigenvalue weighted by Gasteiger charge is 2.11. The highest BCUT2D eigenvalue weighted by molar-refractivity contribution is 5.57. The zero-order valence-corrected chi connectivity index (χ0v) is 10.6. The highest BCUT2D eigenvalue weighted by Crippen LogP contribution is 2.30. The van der Waals surface area contributed by atoms with Crippen LogP contribution in [0.5, 0.6) is 11.5 Å². The zero-order chi connectivity index (χ0) is 14.5. The molecule has 0 bridgehead atoms. The molecular weight excluding hydrogens is 260 g/mol. The zero-order valence-electron chi connectivity index (χ0n) is 10.6. The number of non-ortho nitro benzene ring substituents is 1. The van der Waals surface area contributed by atoms with Crippen molar-refractivity contribution >= 4 is 17.5 Å². The van der Waals surface area contributed by atoms with Crippen LogP contribution in [0.1, 0.15) is 5.56 Å². The van der Waals surface area contributed by atoms with Crippen molar-refractivity contribution in [2.75, 3.05) is 0 Å². The number of aliphatic imine (C=N–C) groups is 1. The van der Waals surface area contributed by atoms with Gasteiger partial charge in [-0.05, 0) is 19.1 Å². The summed E-state index contributed by atoms with van der Waals surface area (Å²) in [7, 11) is 0. The first kappa shape index (κ1) is 13.5. The summed E-state index contributed by atoms with van der Waals surface area (Å²) in [4.78, 5) is 23.9. The maximum absolute atomic E-state index is 10.8. The van der Waals surface area contributed by atoms with Gasteiger partial charge >= 0.3 is 0 Å². The number of carbonyl (C=O) groups excluding carboxylic acids is 1. The van der Waals surface area contributed by atoms with Crippen LogP contribution in [0.2, 0.25) is 0 Å². The van der Waals surface area contributed by atoms with Crippen molar-refractivity contribution in [2.45, 2.75) is 6.92 Å². The van der Waals surface area contributed by atoms with Gasteiger partial charge < -0.3 is 4.74 Å². The van der Waals surface area contributed by atoms with E-state index in [-0.39, 0.29) is 17.1 Å². The van der Waals surface area contributed by atoms with Gasteiger partial charge in [-0.2, -0.15) is 4.99 Å². The van der Waals surface area contributed by atoms with Crippen LogP contribution in [-0.2, 0) is 4.79 Å². The smallest absolute Gasteiger partial charge is 0.275 e. The van der Waals surface area contributed by atoms with Gasteiger partial charge in [0.05, 0.1) is 16.7 Å². The van der Waals surface area contributed by atoms with Gasteiger partial charge in [0.15, 0.2) is 0 Å². The Morgan fingerprint density at radius 1 is 1.15 bits per heavy atom. The lowest BCUT2D eigenvalue weighted by Gasteiger charge is -2.06. The molecule has 0 saturated carbocycles. The second-order valence-corrected chi connectivity index (χ2v) is 4.06. The number of ether oxygens (including phenoxy) is 1. The summed E-state index contributed by atoms with van der Waals surface area (Å²) in [6, 6.07) is 11.1. The maximum Gasteiger partial charge on any atom is 0.275 e. The van der Waals surface area contributed by atoms with Gasteiger partial charge in [0.2, 0.25) is 6.08 Å². The third-order valence-electron chi connectivity index (χ3n) is 2.52. The number of isocyanates is 1. The average molecular weight is 270 g/mol. The molecule has 0 saturated heterocycles. The van der Waals surface area contributed by atoms with Crippen molar-refractivity contribution in [3.63, 3.8) is 0 Å². The molecule has 0 heterocycles. The monoisotopic (exact) mass is 270 g/mol. The first-order valence-corrected chi connectivity index (χ1v) is 5.70. The van der Waals surface area contributed by atoms with E-state index in [9.17, 15) is 14.9 Å². The fraction of sp³-hybridized carbons (Fsp3) is 0.0714. The maximum atomic E-state index is 10.8. The average Bonchev–Trinajstić information content (AvgIpc) is 2.41. The van der Waals surface area contributed by atoms with Gasteiger partial charge in [0.1, 0.15) is 11.5 Å². The predicted octanol–water partition coefficient (Wildman–Crippen LogP) is 3.66. The Morgan fingerprint density at radius 2 is 1.85 bits per heavy atom. The quantitative estimate of drug-likeness (QED) is 0.367. The highest BCUT2D eigenvalue weighted by atomic mass is 16.6. The van der Waals surface area contributed by atoms with E-state index in [4.69, 9.17) is 4.74 Å². The lowest BCUT2D eigenvalue weighted by atomic mass is 10.2. The van der Waals surface area contributed by atoms with Crippen molar-refractivity contribution in [1.82, 2.24) is 0 Å². The van der Waals surface area contributed by atoms with E-state index in [0.29, 0.717) is 5.75 Å². The van der Waals surface area contributed by atoms with E-state index in [0.717, 1.165) is 5.56 Å². The van der Waals surface area contributed by atoms with E-state index < -0.39 is 4.92 Å². The molecule has 0 aliphatic carbocycles. The Bertz CT molecular complexity index is 669. The molecule has 0 aromatic heterocycles. The molecule has 0 amide bonds. The van der Waals surface area contributed by atoms with E-state index in [1.807, 2.05) is 19.1 Å². The number of aryl methyl sites for hydroxylation is 1. The molecule has 6 nitrogen and oxygen atoms in total. The summed E-state index contributed by atoms with van der Waals surface area (Å²) in [5.74, 6) is 0.772. The number of nitro groups is 1. The normalized spacial score (nSPS) is 9.65. The van der Waals surface area contributed by atoms with E-state index in [2.05, 4.69) is 4.99 Å². The lowest BCUT2D eigenvalue weighted by Crippen LogP contribution is -1.90. The number of rotatable bonds is 4. The van der Waals surface area contributed by atoms with Gasteiger partial charge in [0, 0.05) is 12.1 Å². The largest absolute Gasteiger partial charge is 0.457 e. The topological polar surface area (TPSA) is 81.8 Å². The molecule has 2 aromatic carbocycles. The summed E-state index contributed by atoms with van der Waals surface area (Å²) < 4.78 is 5.52. The van der Waals surface area contributed by atoms with Crippen LogP contribution in [0.15, 0.2) is 47.5 Å². The standard InChI is InChI=1S/C14H10N2O4/c1-10-2-4-13(5-3-10)20-14-7-11(15-9-17)6-12(8-14)16(18)19/h2-8H,1H3. The first-order chi connectivity index (χ1) is 9.58. The Balaban J connectivity index is 2.37. The van der Waals surface area contributed by atoms with Crippen molar-refractivity contribution in [1.29, 1.82) is 0 Å². The Kier molecular flexibility index (Phi) is 3.88. The molecule has 100 valence electrons. The molecule has 0 N–H and O–H groups in total. The number of hydrogen-bond donors (Lipinski definition) is 0. The molecule has 0 aliphatic rings. The van der Waals surface area contributed by atoms with E-state index in [1.54, 1.807) is 12.1 Å². The van der Waals surface area contributed by atoms with Crippen LogP contribution in [0.25, 0.3) is 0 Å². The predicted molar refractivity (Wildman–Crippen MR) is 72.1 cm³/mol. The van der Waals surface area contributed by atoms with Gasteiger partial charge in [-0.15, -0.1) is 0 Å². The fourth-order valence-corrected chi connectivity index (χ4v) is 1.59. The van der Waals surface area contributed by atoms with Crippen LogP contribution in [-0.4, -0.2) is 11.0 Å². The van der Waals surface area contributed by atoms with Gasteiger partial charge in [-0.25, -0.2) is 4.79 Å². The number of nitro benzene ring substituents is 1. The number of benzene rings is 2. The van der Waals surface area contributed by atoms with Crippen molar-refractivity contribution in [3.05, 3.63) is 58.1 Å². The molecule has 0 fully saturated rings. The van der Waals surface area contributed by atoms with Gasteiger partial charge in [0.25, 0.3) is 5.69 Å². The van der Waals surface area contributed by atoms with E-state index in [1.165, 1.54) is 24.3 Å². The number of nitrogens with zero attached hydrogens (tertiary/aromatic N) is 2. The number of hydrogen-bond acceptors (Lipinski definition) is 5. The minimum absolute atomic E-state index is 0.122. The summed E-state index contributed by atoms with van der Waals surface area (Å²) >= 11 is 0. The van der Waals surface area contributed by atoms with Crippen molar-refractivity contribution in [2.24, 2.45) is 4.99 Å². The Morgan fingerprint density at radius 3 is 2.45 bits per heavy atom. The fourth-order valence-electron chi connectivity index (χ4n) is 1.59. The summed E-state index contributed by atoms with van der Waals surface area (Å²) in [5.41, 5.74) is 0.988. The molecule has 20 heavy (non-hydrogen) atoms. The minimum Gasteiger partial charge on any atom is -0.457 e. The summed E-state index contributed by atoms with van der Waals surface area (Å²) in [6.45, 7) is 1.94. The van der Waals surface area contributed by atoms with Crippen molar-refractivity contribution in [3.8, 4) is 11.5 Å². The molecule has 0 spiro atoms. The van der Waals surface area contributed by atoms with Crippen LogP contribution >= 0.6 is 0 Å². The molecule has 0 aliphatic heterocycles. The second kappa shape index (κ2) is 5.77. The second-order valence-electron chi connectivity index (χ2n) is 4.06. The first-order valence-electron chi connectivity index (χ1n) is 5.70. The molecule has 0 radical (unpaired) electrons. The van der Waals surface area contributed by atoms with Crippen molar-refractivity contribution < 1.29 is 14.5 Å². The molecule has 6 heteroatoms. The minimum atomic E-state index is -0.578. The van der Waals surface area contributed by atoms with Gasteiger partial charge in [-0.3, -0.25) is 10.1 Å². The summed E-state index contributed by atoms with van der Waals surface area (Å²) in [5, 5.41) is 10.8. The molecular formula is C14H10N2O4. The van der Waals surface area contributed by atoms with E-state index >= 15 is 0 Å². The SMILES string of the molecule is Cc1ccc(Oc2cc(N=C=O)cc([N+](=O)[O-])c2)cc1. The molecule has 2 aromatic rings. The summed E-state index contributed by atoms with van der Waals surface area (Å²) in [6.07, 6.45) is 1.35. The molecule has 0 unspecified atom stereocenters. The molecule has 2 rings (SSSR count).